The zero-order valence-electron chi connectivity index (χ0n) is 16.4. The molecular weight excluding hydrogens is 400 g/mol. The monoisotopic (exact) mass is 422 g/mol. The van der Waals surface area contributed by atoms with E-state index in [0.717, 1.165) is 6.20 Å². The van der Waals surface area contributed by atoms with Gasteiger partial charge in [0.05, 0.1) is 27.4 Å². The van der Waals surface area contributed by atoms with E-state index in [4.69, 9.17) is 4.74 Å². The average molecular weight is 422 g/mol. The predicted octanol–water partition coefficient (Wildman–Crippen LogP) is 2.71. The Balaban J connectivity index is 1.85. The van der Waals surface area contributed by atoms with Crippen molar-refractivity contribution in [2.45, 2.75) is 49.5 Å². The summed E-state index contributed by atoms with van der Waals surface area (Å²) in [5.41, 5.74) is -0.341. The number of rotatable bonds is 3. The van der Waals surface area contributed by atoms with E-state index in [-0.39, 0.29) is 28.3 Å². The van der Waals surface area contributed by atoms with Gasteiger partial charge in [-0.05, 0) is 39.7 Å². The summed E-state index contributed by atoms with van der Waals surface area (Å²) in [5.74, 6) is 0. The fourth-order valence-electron chi connectivity index (χ4n) is 3.09. The van der Waals surface area contributed by atoms with Crippen molar-refractivity contribution in [3.8, 4) is 0 Å². The van der Waals surface area contributed by atoms with E-state index < -0.39 is 31.7 Å². The molecule has 0 aliphatic carbocycles. The second kappa shape index (κ2) is 7.54. The molecule has 1 atom stereocenters. The lowest BCUT2D eigenvalue weighted by Gasteiger charge is -2.33. The van der Waals surface area contributed by atoms with Crippen LogP contribution in [0.3, 0.4) is 0 Å². The second-order valence-electron chi connectivity index (χ2n) is 7.87. The summed E-state index contributed by atoms with van der Waals surface area (Å²) in [5, 5.41) is 9.83. The van der Waals surface area contributed by atoms with Gasteiger partial charge in [-0.1, -0.05) is 0 Å². The molecule has 10 nitrogen and oxygen atoms in total. The number of hydrogen-bond acceptors (Lipinski definition) is 8. The number of sulfone groups is 1. The number of benzene rings is 1. The van der Waals surface area contributed by atoms with Gasteiger partial charge >= 0.3 is 6.09 Å². The number of piperidine rings is 1. The van der Waals surface area contributed by atoms with Crippen molar-refractivity contribution in [2.24, 2.45) is 0 Å². The van der Waals surface area contributed by atoms with Crippen LogP contribution in [0.4, 0.5) is 10.5 Å². The van der Waals surface area contributed by atoms with Gasteiger partial charge < -0.3 is 9.64 Å². The molecule has 1 amide bonds. The summed E-state index contributed by atoms with van der Waals surface area (Å²) in [6.45, 7) is 5.68. The van der Waals surface area contributed by atoms with Crippen LogP contribution in [0.2, 0.25) is 0 Å². The quantitative estimate of drug-likeness (QED) is 0.545. The molecule has 1 aromatic heterocycles. The average Bonchev–Trinajstić information content (AvgIpc) is 2.65. The number of nitrogens with zero attached hydrogens (tertiary/aromatic N) is 4. The smallest absolute Gasteiger partial charge is 0.410 e. The van der Waals surface area contributed by atoms with Gasteiger partial charge in [0, 0.05) is 25.2 Å². The van der Waals surface area contributed by atoms with Gasteiger partial charge in [-0.3, -0.25) is 15.1 Å². The number of nitro groups is 1. The number of non-ortho nitro benzene ring substituents is 1. The molecule has 2 heterocycles. The third kappa shape index (κ3) is 4.61. The van der Waals surface area contributed by atoms with Crippen LogP contribution in [0.15, 0.2) is 29.4 Å². The van der Waals surface area contributed by atoms with Gasteiger partial charge in [-0.15, -0.1) is 0 Å². The van der Waals surface area contributed by atoms with Gasteiger partial charge in [0.25, 0.3) is 5.69 Å². The summed E-state index contributed by atoms with van der Waals surface area (Å²) in [6.07, 6.45) is 1.47. The van der Waals surface area contributed by atoms with E-state index in [1.165, 1.54) is 23.1 Å². The Morgan fingerprint density at radius 3 is 2.69 bits per heavy atom. The summed E-state index contributed by atoms with van der Waals surface area (Å²) < 4.78 is 31.5. The Morgan fingerprint density at radius 2 is 2.03 bits per heavy atom. The highest BCUT2D eigenvalue weighted by Gasteiger charge is 2.36. The summed E-state index contributed by atoms with van der Waals surface area (Å²) in [7, 11) is -3.85. The summed E-state index contributed by atoms with van der Waals surface area (Å²) in [6, 6.07) is 3.86. The number of carbonyl (C=O) groups excluding carboxylic acids is 1. The van der Waals surface area contributed by atoms with Crippen molar-refractivity contribution in [1.29, 1.82) is 0 Å². The van der Waals surface area contributed by atoms with Crippen LogP contribution in [-0.4, -0.2) is 58.2 Å². The van der Waals surface area contributed by atoms with Gasteiger partial charge in [0.2, 0.25) is 9.84 Å². The first kappa shape index (κ1) is 20.9. The number of likely N-dealkylation sites (tertiary alicyclic amines) is 1. The lowest BCUT2D eigenvalue weighted by Crippen LogP contribution is -2.47. The highest BCUT2D eigenvalue weighted by molar-refractivity contribution is 7.92. The molecular formula is C18H22N4O6S. The molecule has 1 aliphatic heterocycles. The normalized spacial score (nSPS) is 17.9. The van der Waals surface area contributed by atoms with Gasteiger partial charge in [-0.2, -0.15) is 0 Å². The van der Waals surface area contributed by atoms with Crippen LogP contribution < -0.4 is 0 Å². The molecule has 1 saturated heterocycles. The van der Waals surface area contributed by atoms with Crippen molar-refractivity contribution in [3.05, 3.63) is 34.5 Å². The number of nitro benzene ring substituents is 1. The molecule has 0 N–H and O–H groups in total. The van der Waals surface area contributed by atoms with E-state index in [0.29, 0.717) is 19.4 Å². The fraction of sp³-hybridized carbons (Fsp3) is 0.500. The Morgan fingerprint density at radius 1 is 1.31 bits per heavy atom. The lowest BCUT2D eigenvalue weighted by atomic mass is 10.1. The maximum Gasteiger partial charge on any atom is 0.410 e. The van der Waals surface area contributed by atoms with Gasteiger partial charge in [-0.25, -0.2) is 18.2 Å². The van der Waals surface area contributed by atoms with Crippen molar-refractivity contribution in [1.82, 2.24) is 14.9 Å². The van der Waals surface area contributed by atoms with Crippen LogP contribution in [0.5, 0.6) is 0 Å². The lowest BCUT2D eigenvalue weighted by molar-refractivity contribution is -0.384. The van der Waals surface area contributed by atoms with E-state index in [1.807, 2.05) is 0 Å². The van der Waals surface area contributed by atoms with Gasteiger partial charge in [0.15, 0.2) is 5.03 Å². The van der Waals surface area contributed by atoms with Gasteiger partial charge in [0.1, 0.15) is 5.60 Å². The van der Waals surface area contributed by atoms with E-state index in [9.17, 15) is 23.3 Å². The van der Waals surface area contributed by atoms with Crippen molar-refractivity contribution >= 4 is 32.7 Å². The molecule has 2 aromatic rings. The Hall–Kier alpha value is -2.82. The SMILES string of the molecule is CC(C)(C)OC(=O)N1CCCC(S(=O)(=O)c2cnc3cc([N+](=O)[O-])ccc3n2)C1. The van der Waals surface area contributed by atoms with E-state index in [2.05, 4.69) is 9.97 Å². The Bertz CT molecular complexity index is 1060. The minimum Gasteiger partial charge on any atom is -0.444 e. The maximum atomic E-state index is 13.1. The fourth-order valence-corrected chi connectivity index (χ4v) is 4.71. The number of aromatic nitrogens is 2. The van der Waals surface area contributed by atoms with Crippen molar-refractivity contribution in [3.63, 3.8) is 0 Å². The second-order valence-corrected chi connectivity index (χ2v) is 10.0. The number of ether oxygens (including phenoxy) is 1. The minimum absolute atomic E-state index is 0.0111. The minimum atomic E-state index is -3.85. The molecule has 0 bridgehead atoms. The molecule has 3 rings (SSSR count). The number of fused-ring (bicyclic) bond motifs is 1. The molecule has 1 aliphatic rings. The zero-order chi connectivity index (χ0) is 21.4. The standard InChI is InChI=1S/C18H22N4O6S/c1-18(2,3)28-17(23)21-8-4-5-13(11-21)29(26,27)16-10-19-15-9-12(22(24)25)6-7-14(15)20-16/h6-7,9-10,13H,4-5,8,11H2,1-3H3. The van der Waals surface area contributed by atoms with Crippen LogP contribution in [0.25, 0.3) is 11.0 Å². The molecule has 1 fully saturated rings. The summed E-state index contributed by atoms with van der Waals surface area (Å²) >= 11 is 0. The first-order valence-electron chi connectivity index (χ1n) is 9.10. The van der Waals surface area contributed by atoms with Crippen molar-refractivity contribution in [2.75, 3.05) is 13.1 Å². The highest BCUT2D eigenvalue weighted by Crippen LogP contribution is 2.25. The molecule has 0 saturated carbocycles. The van der Waals surface area contributed by atoms with Crippen LogP contribution in [-0.2, 0) is 14.6 Å². The van der Waals surface area contributed by atoms with E-state index >= 15 is 0 Å². The molecule has 0 spiro atoms. The highest BCUT2D eigenvalue weighted by atomic mass is 32.2. The summed E-state index contributed by atoms with van der Waals surface area (Å²) in [4.78, 5) is 32.2. The maximum absolute atomic E-state index is 13.1. The largest absolute Gasteiger partial charge is 0.444 e. The van der Waals surface area contributed by atoms with E-state index in [1.54, 1.807) is 20.8 Å². The molecule has 29 heavy (non-hydrogen) atoms. The Kier molecular flexibility index (Phi) is 5.44. The van der Waals surface area contributed by atoms with Crippen molar-refractivity contribution < 1.29 is 22.9 Å². The molecule has 1 aromatic carbocycles. The third-order valence-electron chi connectivity index (χ3n) is 4.47. The van der Waals surface area contributed by atoms with Crippen LogP contribution in [0.1, 0.15) is 33.6 Å². The first-order valence-corrected chi connectivity index (χ1v) is 10.6. The number of amides is 1. The predicted molar refractivity (Wildman–Crippen MR) is 104 cm³/mol. The number of hydrogen-bond donors (Lipinski definition) is 0. The van der Waals surface area contributed by atoms with Crippen LogP contribution >= 0.6 is 0 Å². The third-order valence-corrected chi connectivity index (χ3v) is 6.52. The topological polar surface area (TPSA) is 133 Å². The first-order chi connectivity index (χ1) is 13.5. The number of carbonyl (C=O) groups is 1. The molecule has 156 valence electrons. The molecule has 0 radical (unpaired) electrons. The molecule has 11 heteroatoms. The van der Waals surface area contributed by atoms with Crippen LogP contribution in [0, 0.1) is 10.1 Å². The zero-order valence-corrected chi connectivity index (χ0v) is 17.2. The molecule has 1 unspecified atom stereocenters. The Labute approximate surface area is 168 Å².